The number of rotatable bonds is 6. The molecule has 2 N–H and O–H groups in total. The maximum Gasteiger partial charge on any atom is 0.255 e. The van der Waals surface area contributed by atoms with Gasteiger partial charge in [-0.2, -0.15) is 0 Å². The normalized spacial score (nSPS) is 19.8. The Balaban J connectivity index is 1.57. The van der Waals surface area contributed by atoms with Crippen LogP contribution in [0.1, 0.15) is 35.2 Å². The lowest BCUT2D eigenvalue weighted by atomic mass is 9.94. The van der Waals surface area contributed by atoms with Crippen LogP contribution in [0.3, 0.4) is 0 Å². The SMILES string of the molecule is COc1ccc(CN(C)C[C@]2(O)CCCN(C(=O)c3cncc(O)c3)CC2)cc1. The number of hydrogen-bond donors (Lipinski definition) is 2. The Morgan fingerprint density at radius 1 is 1.24 bits per heavy atom. The lowest BCUT2D eigenvalue weighted by molar-refractivity contribution is -0.00401. The van der Waals surface area contributed by atoms with Crippen LogP contribution in [-0.4, -0.2) is 70.3 Å². The molecule has 0 spiro atoms. The minimum atomic E-state index is -0.840. The molecule has 2 heterocycles. The fourth-order valence-electron chi connectivity index (χ4n) is 3.87. The van der Waals surface area contributed by atoms with Crippen LogP contribution in [-0.2, 0) is 6.54 Å². The zero-order valence-corrected chi connectivity index (χ0v) is 17.0. The molecule has 29 heavy (non-hydrogen) atoms. The molecule has 0 aliphatic carbocycles. The number of ether oxygens (including phenoxy) is 1. The van der Waals surface area contributed by atoms with Crippen molar-refractivity contribution in [1.29, 1.82) is 0 Å². The number of aliphatic hydroxyl groups is 1. The minimum absolute atomic E-state index is 0.0256. The first kappa shape index (κ1) is 21.1. The van der Waals surface area contributed by atoms with Crippen LogP contribution in [0.5, 0.6) is 11.5 Å². The second-order valence-corrected chi connectivity index (χ2v) is 7.82. The van der Waals surface area contributed by atoms with E-state index in [1.54, 1.807) is 12.0 Å². The van der Waals surface area contributed by atoms with Gasteiger partial charge in [0.1, 0.15) is 11.5 Å². The van der Waals surface area contributed by atoms with Gasteiger partial charge in [0, 0.05) is 32.4 Å². The molecular weight excluding hydrogens is 370 g/mol. The molecular formula is C22H29N3O4. The number of hydrogen-bond acceptors (Lipinski definition) is 6. The largest absolute Gasteiger partial charge is 0.506 e. The van der Waals surface area contributed by atoms with E-state index in [1.807, 2.05) is 31.3 Å². The summed E-state index contributed by atoms with van der Waals surface area (Å²) in [6.07, 6.45) is 4.64. The molecule has 1 aliphatic rings. The number of amides is 1. The third kappa shape index (κ3) is 5.68. The third-order valence-corrected chi connectivity index (χ3v) is 5.35. The van der Waals surface area contributed by atoms with Crippen LogP contribution >= 0.6 is 0 Å². The Morgan fingerprint density at radius 2 is 2.00 bits per heavy atom. The highest BCUT2D eigenvalue weighted by Crippen LogP contribution is 2.25. The summed E-state index contributed by atoms with van der Waals surface area (Å²) in [4.78, 5) is 20.4. The lowest BCUT2D eigenvalue weighted by Crippen LogP contribution is -2.42. The van der Waals surface area contributed by atoms with Crippen molar-refractivity contribution in [1.82, 2.24) is 14.8 Å². The molecule has 7 heteroatoms. The fourth-order valence-corrected chi connectivity index (χ4v) is 3.87. The second-order valence-electron chi connectivity index (χ2n) is 7.82. The van der Waals surface area contributed by atoms with E-state index in [0.717, 1.165) is 24.3 Å². The number of nitrogens with zero attached hydrogens (tertiary/aromatic N) is 3. The first-order valence-electron chi connectivity index (χ1n) is 9.86. The topological polar surface area (TPSA) is 86.1 Å². The van der Waals surface area contributed by atoms with E-state index < -0.39 is 5.60 Å². The van der Waals surface area contributed by atoms with Gasteiger partial charge in [0.05, 0.1) is 24.5 Å². The summed E-state index contributed by atoms with van der Waals surface area (Å²) in [7, 11) is 3.64. The Morgan fingerprint density at radius 3 is 2.69 bits per heavy atom. The number of likely N-dealkylation sites (N-methyl/N-ethyl adjacent to an activating group) is 1. The highest BCUT2D eigenvalue weighted by Gasteiger charge is 2.33. The summed E-state index contributed by atoms with van der Waals surface area (Å²) in [6.45, 7) is 2.32. The number of likely N-dealkylation sites (tertiary alicyclic amines) is 1. The number of methoxy groups -OCH3 is 1. The van der Waals surface area contributed by atoms with Crippen molar-refractivity contribution >= 4 is 5.91 Å². The fraction of sp³-hybridized carbons (Fsp3) is 0.455. The predicted molar refractivity (Wildman–Crippen MR) is 110 cm³/mol. The first-order chi connectivity index (χ1) is 13.9. The summed E-state index contributed by atoms with van der Waals surface area (Å²) >= 11 is 0. The summed E-state index contributed by atoms with van der Waals surface area (Å²) in [6, 6.07) is 9.34. The molecule has 3 rings (SSSR count). The van der Waals surface area contributed by atoms with E-state index in [0.29, 0.717) is 38.0 Å². The van der Waals surface area contributed by atoms with Gasteiger partial charge in [-0.25, -0.2) is 0 Å². The first-order valence-corrected chi connectivity index (χ1v) is 9.86. The zero-order valence-electron chi connectivity index (χ0n) is 17.0. The molecule has 2 aromatic rings. The van der Waals surface area contributed by atoms with Gasteiger partial charge in [0.2, 0.25) is 0 Å². The Bertz CT molecular complexity index is 827. The van der Waals surface area contributed by atoms with E-state index in [9.17, 15) is 15.0 Å². The molecule has 1 saturated heterocycles. The average molecular weight is 399 g/mol. The van der Waals surface area contributed by atoms with Crippen molar-refractivity contribution in [2.24, 2.45) is 0 Å². The smallest absolute Gasteiger partial charge is 0.255 e. The second kappa shape index (κ2) is 9.24. The number of pyridine rings is 1. The van der Waals surface area contributed by atoms with Crippen LogP contribution in [0.15, 0.2) is 42.7 Å². The minimum Gasteiger partial charge on any atom is -0.506 e. The van der Waals surface area contributed by atoms with Crippen molar-refractivity contribution in [3.05, 3.63) is 53.9 Å². The van der Waals surface area contributed by atoms with Crippen LogP contribution in [0.2, 0.25) is 0 Å². The van der Waals surface area contributed by atoms with Crippen LogP contribution in [0.25, 0.3) is 0 Å². The van der Waals surface area contributed by atoms with Gasteiger partial charge < -0.3 is 19.8 Å². The van der Waals surface area contributed by atoms with Gasteiger partial charge >= 0.3 is 0 Å². The molecule has 0 unspecified atom stereocenters. The summed E-state index contributed by atoms with van der Waals surface area (Å²) in [5.41, 5.74) is 0.679. The molecule has 1 aliphatic heterocycles. The maximum atomic E-state index is 12.7. The van der Waals surface area contributed by atoms with Crippen molar-refractivity contribution in [3.8, 4) is 11.5 Å². The molecule has 1 amide bonds. The Labute approximate surface area is 171 Å². The number of benzene rings is 1. The Hall–Kier alpha value is -2.64. The van der Waals surface area contributed by atoms with Gasteiger partial charge in [-0.3, -0.25) is 14.7 Å². The Kier molecular flexibility index (Phi) is 6.71. The third-order valence-electron chi connectivity index (χ3n) is 5.35. The molecule has 1 aromatic heterocycles. The van der Waals surface area contributed by atoms with Crippen LogP contribution in [0, 0.1) is 0 Å². The molecule has 0 bridgehead atoms. The van der Waals surface area contributed by atoms with Crippen LogP contribution in [0.4, 0.5) is 0 Å². The molecule has 1 atom stereocenters. The average Bonchev–Trinajstić information content (AvgIpc) is 2.89. The highest BCUT2D eigenvalue weighted by atomic mass is 16.5. The molecule has 1 fully saturated rings. The number of carbonyl (C=O) groups is 1. The number of carbonyl (C=O) groups excluding carboxylic acids is 1. The summed E-state index contributed by atoms with van der Waals surface area (Å²) in [5, 5.41) is 20.7. The van der Waals surface area contributed by atoms with E-state index in [2.05, 4.69) is 9.88 Å². The quantitative estimate of drug-likeness (QED) is 0.775. The molecule has 156 valence electrons. The number of aromatic hydroxyl groups is 1. The van der Waals surface area contributed by atoms with Crippen molar-refractivity contribution in [3.63, 3.8) is 0 Å². The lowest BCUT2D eigenvalue weighted by Gasteiger charge is -2.31. The predicted octanol–water partition coefficient (Wildman–Crippen LogP) is 2.29. The van der Waals surface area contributed by atoms with Gasteiger partial charge in [0.25, 0.3) is 5.91 Å². The standard InChI is InChI=1S/C22H29N3O4/c1-24(15-17-4-6-20(29-2)7-5-17)16-22(28)8-3-10-25(11-9-22)21(27)18-12-19(26)14-23-13-18/h4-7,12-14,26,28H,3,8-11,15-16H2,1-2H3/t22-/m0/s1. The summed E-state index contributed by atoms with van der Waals surface area (Å²) in [5.74, 6) is 0.636. The molecule has 1 aromatic carbocycles. The molecule has 0 saturated carbocycles. The maximum absolute atomic E-state index is 12.7. The molecule has 0 radical (unpaired) electrons. The van der Waals surface area contributed by atoms with Gasteiger partial charge in [-0.05, 0) is 50.1 Å². The van der Waals surface area contributed by atoms with Gasteiger partial charge in [0.15, 0.2) is 0 Å². The van der Waals surface area contributed by atoms with Crippen molar-refractivity contribution in [2.45, 2.75) is 31.4 Å². The highest BCUT2D eigenvalue weighted by molar-refractivity contribution is 5.94. The van der Waals surface area contributed by atoms with Gasteiger partial charge in [-0.15, -0.1) is 0 Å². The summed E-state index contributed by atoms with van der Waals surface area (Å²) < 4.78 is 5.19. The van der Waals surface area contributed by atoms with Crippen molar-refractivity contribution < 1.29 is 19.7 Å². The van der Waals surface area contributed by atoms with E-state index in [4.69, 9.17) is 4.74 Å². The van der Waals surface area contributed by atoms with E-state index in [1.165, 1.54) is 18.5 Å². The van der Waals surface area contributed by atoms with E-state index >= 15 is 0 Å². The van der Waals surface area contributed by atoms with Gasteiger partial charge in [-0.1, -0.05) is 12.1 Å². The van der Waals surface area contributed by atoms with Crippen LogP contribution < -0.4 is 4.74 Å². The van der Waals surface area contributed by atoms with E-state index in [-0.39, 0.29) is 11.7 Å². The zero-order chi connectivity index (χ0) is 20.9. The number of aromatic nitrogens is 1. The molecule has 7 nitrogen and oxygen atoms in total. The van der Waals surface area contributed by atoms with Crippen molar-refractivity contribution in [2.75, 3.05) is 33.8 Å². The monoisotopic (exact) mass is 399 g/mol.